The number of amides is 1. The quantitative estimate of drug-likeness (QED) is 0.749. The highest BCUT2D eigenvalue weighted by Gasteiger charge is 2.32. The molecule has 0 spiro atoms. The molecule has 5 nitrogen and oxygen atoms in total. The van der Waals surface area contributed by atoms with Crippen LogP contribution in [0.5, 0.6) is 0 Å². The SMILES string of the molecule is Cc1ccccc1CS(=O)(=O)N1CCC[C@H](C(=O)Nc2ccc(Br)cc2)C1. The van der Waals surface area contributed by atoms with Crippen LogP contribution in [0.25, 0.3) is 0 Å². The van der Waals surface area contributed by atoms with Crippen LogP contribution in [-0.2, 0) is 20.6 Å². The fourth-order valence-corrected chi connectivity index (χ4v) is 5.22. The minimum Gasteiger partial charge on any atom is -0.326 e. The second kappa shape index (κ2) is 8.54. The standard InChI is InChI=1S/C20H23BrN2O3S/c1-15-5-2-3-6-17(15)14-27(25,26)23-12-4-7-16(13-23)20(24)22-19-10-8-18(21)9-11-19/h2-3,5-6,8-11,16H,4,7,12-14H2,1H3,(H,22,24)/t16-/m0/s1. The van der Waals surface area contributed by atoms with Crippen LogP contribution in [0.2, 0.25) is 0 Å². The molecule has 0 unspecified atom stereocenters. The number of sulfonamides is 1. The Morgan fingerprint density at radius 3 is 2.59 bits per heavy atom. The number of nitrogens with zero attached hydrogens (tertiary/aromatic N) is 1. The minimum atomic E-state index is -3.46. The molecule has 1 fully saturated rings. The van der Waals surface area contributed by atoms with Gasteiger partial charge in [-0.15, -0.1) is 0 Å². The van der Waals surface area contributed by atoms with Gasteiger partial charge < -0.3 is 5.32 Å². The third-order valence-corrected chi connectivity index (χ3v) is 7.18. The molecule has 1 amide bonds. The molecule has 0 aliphatic carbocycles. The van der Waals surface area contributed by atoms with Gasteiger partial charge in [-0.25, -0.2) is 12.7 Å². The van der Waals surface area contributed by atoms with E-state index in [2.05, 4.69) is 21.2 Å². The Morgan fingerprint density at radius 2 is 1.89 bits per heavy atom. The van der Waals surface area contributed by atoms with Gasteiger partial charge in [0, 0.05) is 23.2 Å². The van der Waals surface area contributed by atoms with E-state index in [1.54, 1.807) is 0 Å². The summed E-state index contributed by atoms with van der Waals surface area (Å²) in [5.41, 5.74) is 2.48. The van der Waals surface area contributed by atoms with Crippen LogP contribution >= 0.6 is 15.9 Å². The third kappa shape index (κ3) is 5.18. The van der Waals surface area contributed by atoms with Gasteiger partial charge in [-0.2, -0.15) is 0 Å². The summed E-state index contributed by atoms with van der Waals surface area (Å²) in [6, 6.07) is 14.8. The summed E-state index contributed by atoms with van der Waals surface area (Å²) in [5, 5.41) is 2.89. The lowest BCUT2D eigenvalue weighted by atomic mass is 9.99. The van der Waals surface area contributed by atoms with Gasteiger partial charge >= 0.3 is 0 Å². The Balaban J connectivity index is 1.66. The molecule has 0 bridgehead atoms. The van der Waals surface area contributed by atoms with Crippen molar-refractivity contribution >= 4 is 37.5 Å². The van der Waals surface area contributed by atoms with Crippen molar-refractivity contribution in [2.75, 3.05) is 18.4 Å². The molecule has 1 heterocycles. The summed E-state index contributed by atoms with van der Waals surface area (Å²) >= 11 is 3.36. The lowest BCUT2D eigenvalue weighted by molar-refractivity contribution is -0.120. The molecule has 2 aromatic carbocycles. The number of carbonyl (C=O) groups is 1. The van der Waals surface area contributed by atoms with Crippen LogP contribution in [0, 0.1) is 12.8 Å². The summed E-state index contributed by atoms with van der Waals surface area (Å²) in [5.74, 6) is -0.497. The number of halogens is 1. The van der Waals surface area contributed by atoms with Crippen LogP contribution in [0.1, 0.15) is 24.0 Å². The Morgan fingerprint density at radius 1 is 1.19 bits per heavy atom. The van der Waals surface area contributed by atoms with Crippen molar-refractivity contribution in [3.8, 4) is 0 Å². The van der Waals surface area contributed by atoms with Gasteiger partial charge in [-0.05, 0) is 55.2 Å². The average Bonchev–Trinajstić information content (AvgIpc) is 2.65. The normalized spacial score (nSPS) is 18.2. The Hall–Kier alpha value is -1.70. The molecular formula is C20H23BrN2O3S. The smallest absolute Gasteiger partial charge is 0.228 e. The average molecular weight is 451 g/mol. The second-order valence-electron chi connectivity index (χ2n) is 6.88. The largest absolute Gasteiger partial charge is 0.326 e. The Bertz CT molecular complexity index is 913. The van der Waals surface area contributed by atoms with E-state index in [9.17, 15) is 13.2 Å². The fraction of sp³-hybridized carbons (Fsp3) is 0.350. The molecule has 27 heavy (non-hydrogen) atoms. The van der Waals surface area contributed by atoms with E-state index in [4.69, 9.17) is 0 Å². The molecule has 1 aliphatic rings. The van der Waals surface area contributed by atoms with Gasteiger partial charge in [0.15, 0.2) is 0 Å². The van der Waals surface area contributed by atoms with Crippen LogP contribution in [0.4, 0.5) is 5.69 Å². The lowest BCUT2D eigenvalue weighted by Crippen LogP contribution is -2.44. The summed E-state index contributed by atoms with van der Waals surface area (Å²) in [7, 11) is -3.46. The van der Waals surface area contributed by atoms with Crippen molar-refractivity contribution in [2.45, 2.75) is 25.5 Å². The van der Waals surface area contributed by atoms with Crippen molar-refractivity contribution in [1.82, 2.24) is 4.31 Å². The first-order valence-electron chi connectivity index (χ1n) is 8.94. The maximum absolute atomic E-state index is 12.9. The number of hydrogen-bond acceptors (Lipinski definition) is 3. The molecule has 3 rings (SSSR count). The Kier molecular flexibility index (Phi) is 6.34. The predicted molar refractivity (Wildman–Crippen MR) is 111 cm³/mol. The molecule has 1 atom stereocenters. The maximum atomic E-state index is 12.9. The van der Waals surface area contributed by atoms with Gasteiger partial charge in [0.2, 0.25) is 15.9 Å². The highest BCUT2D eigenvalue weighted by Crippen LogP contribution is 2.24. The van der Waals surface area contributed by atoms with Crippen LogP contribution in [0.3, 0.4) is 0 Å². The fourth-order valence-electron chi connectivity index (χ4n) is 3.25. The van der Waals surface area contributed by atoms with E-state index in [-0.39, 0.29) is 24.1 Å². The highest BCUT2D eigenvalue weighted by atomic mass is 79.9. The first kappa shape index (κ1) is 20.0. The number of aryl methyl sites for hydroxylation is 1. The van der Waals surface area contributed by atoms with E-state index in [0.717, 1.165) is 15.6 Å². The zero-order chi connectivity index (χ0) is 19.4. The monoisotopic (exact) mass is 450 g/mol. The Labute approximate surface area is 169 Å². The summed E-state index contributed by atoms with van der Waals surface area (Å²) in [6.45, 7) is 2.61. The number of nitrogens with one attached hydrogen (secondary N) is 1. The first-order chi connectivity index (χ1) is 12.8. The number of anilines is 1. The molecule has 1 N–H and O–H groups in total. The van der Waals surface area contributed by atoms with Gasteiger partial charge in [0.25, 0.3) is 0 Å². The predicted octanol–water partition coefficient (Wildman–Crippen LogP) is 3.94. The minimum absolute atomic E-state index is 0.0271. The molecule has 0 saturated carbocycles. The van der Waals surface area contributed by atoms with Crippen LogP contribution < -0.4 is 5.32 Å². The van der Waals surface area contributed by atoms with Crippen molar-refractivity contribution in [1.29, 1.82) is 0 Å². The molecule has 0 radical (unpaired) electrons. The van der Waals surface area contributed by atoms with Gasteiger partial charge in [-0.3, -0.25) is 4.79 Å². The molecular weight excluding hydrogens is 428 g/mol. The zero-order valence-electron chi connectivity index (χ0n) is 15.2. The number of benzene rings is 2. The molecule has 7 heteroatoms. The number of piperidine rings is 1. The van der Waals surface area contributed by atoms with Gasteiger partial charge in [0.05, 0.1) is 11.7 Å². The molecule has 1 aliphatic heterocycles. The van der Waals surface area contributed by atoms with E-state index < -0.39 is 10.0 Å². The third-order valence-electron chi connectivity index (χ3n) is 4.86. The van der Waals surface area contributed by atoms with Crippen molar-refractivity contribution in [3.63, 3.8) is 0 Å². The zero-order valence-corrected chi connectivity index (χ0v) is 17.6. The van der Waals surface area contributed by atoms with Crippen molar-refractivity contribution < 1.29 is 13.2 Å². The van der Waals surface area contributed by atoms with Gasteiger partial charge in [-0.1, -0.05) is 40.2 Å². The van der Waals surface area contributed by atoms with Crippen molar-refractivity contribution in [3.05, 3.63) is 64.1 Å². The second-order valence-corrected chi connectivity index (χ2v) is 9.76. The molecule has 144 valence electrons. The van der Waals surface area contributed by atoms with E-state index in [1.165, 1.54) is 4.31 Å². The number of carbonyl (C=O) groups excluding carboxylic acids is 1. The topological polar surface area (TPSA) is 66.5 Å². The number of hydrogen-bond donors (Lipinski definition) is 1. The van der Waals surface area contributed by atoms with Gasteiger partial charge in [0.1, 0.15) is 0 Å². The van der Waals surface area contributed by atoms with Crippen molar-refractivity contribution in [2.24, 2.45) is 5.92 Å². The lowest BCUT2D eigenvalue weighted by Gasteiger charge is -2.31. The highest BCUT2D eigenvalue weighted by molar-refractivity contribution is 9.10. The van der Waals surface area contributed by atoms with Crippen LogP contribution in [0.15, 0.2) is 53.0 Å². The van der Waals surface area contributed by atoms with E-state index in [0.29, 0.717) is 25.1 Å². The number of rotatable bonds is 5. The van der Waals surface area contributed by atoms with E-state index in [1.807, 2.05) is 55.5 Å². The van der Waals surface area contributed by atoms with Crippen LogP contribution in [-0.4, -0.2) is 31.7 Å². The molecule has 1 saturated heterocycles. The summed E-state index contributed by atoms with van der Waals surface area (Å²) in [6.07, 6.45) is 1.38. The van der Waals surface area contributed by atoms with E-state index >= 15 is 0 Å². The maximum Gasteiger partial charge on any atom is 0.228 e. The first-order valence-corrected chi connectivity index (χ1v) is 11.3. The molecule has 2 aromatic rings. The molecule has 0 aromatic heterocycles. The summed E-state index contributed by atoms with van der Waals surface area (Å²) in [4.78, 5) is 12.6. The summed E-state index contributed by atoms with van der Waals surface area (Å²) < 4.78 is 28.1.